The SMILES string of the molecule is CC(C)(C)OC(=O)N(C(=O)OC(C)(C)C)c1nc2cc(-c3ccc(F)c(OCCC(F)(F)C(O[Si](C)(C)C(C)(C)C)c4ccc(F)cn4)c3F)ccn2n1. The number of fused-ring (bicyclic) bond motifs is 1. The highest BCUT2D eigenvalue weighted by Crippen LogP contribution is 2.45. The van der Waals surface area contributed by atoms with Crippen LogP contribution in [0.2, 0.25) is 18.1 Å². The lowest BCUT2D eigenvalue weighted by Gasteiger charge is -2.41. The Hall–Kier alpha value is -4.64. The van der Waals surface area contributed by atoms with Crippen molar-refractivity contribution in [2.45, 2.75) is 110 Å². The van der Waals surface area contributed by atoms with Gasteiger partial charge in [0.25, 0.3) is 11.9 Å². The van der Waals surface area contributed by atoms with E-state index in [0.717, 1.165) is 30.5 Å². The zero-order chi connectivity index (χ0) is 40.6. The Labute approximate surface area is 311 Å². The van der Waals surface area contributed by atoms with Crippen molar-refractivity contribution in [2.24, 2.45) is 0 Å². The third-order valence-corrected chi connectivity index (χ3v) is 12.8. The van der Waals surface area contributed by atoms with Gasteiger partial charge in [0, 0.05) is 18.2 Å². The topological polar surface area (TPSA) is 117 Å². The van der Waals surface area contributed by atoms with Gasteiger partial charge in [-0.3, -0.25) is 4.98 Å². The van der Waals surface area contributed by atoms with Crippen molar-refractivity contribution >= 4 is 32.1 Å². The third kappa shape index (κ3) is 10.1. The number of ether oxygens (including phenoxy) is 3. The number of hydrogen-bond acceptors (Lipinski definition) is 9. The van der Waals surface area contributed by atoms with Crippen LogP contribution in [0.15, 0.2) is 48.8 Å². The van der Waals surface area contributed by atoms with Gasteiger partial charge in [-0.15, -0.1) is 10.00 Å². The molecule has 2 amide bonds. The van der Waals surface area contributed by atoms with E-state index in [0.29, 0.717) is 4.90 Å². The average molecular weight is 780 g/mol. The van der Waals surface area contributed by atoms with E-state index >= 15 is 13.2 Å². The first-order chi connectivity index (χ1) is 24.7. The molecule has 0 aliphatic heterocycles. The number of alkyl halides is 2. The van der Waals surface area contributed by atoms with Crippen LogP contribution in [0.3, 0.4) is 0 Å². The molecule has 54 heavy (non-hydrogen) atoms. The summed E-state index contributed by atoms with van der Waals surface area (Å²) in [7, 11) is -2.83. The number of amides is 2. The first-order valence-corrected chi connectivity index (χ1v) is 20.0. The molecule has 11 nitrogen and oxygen atoms in total. The standard InChI is InChI=1S/C37H46F5N5O6Si/c1-34(2,3)51-32(48)47(33(49)52-35(4,5)6)31-44-27-20-22(16-18-46(27)45-31)24-13-14-25(39)29(28(24)40)50-19-17-37(41,42)30(26-15-12-23(38)21-43-26)53-54(10,11)36(7,8)9/h12-16,18,20-21,30H,17,19H2,1-11H3. The van der Waals surface area contributed by atoms with Gasteiger partial charge in [0.15, 0.2) is 37.5 Å². The molecule has 1 atom stereocenters. The molecule has 0 aliphatic carbocycles. The predicted octanol–water partition coefficient (Wildman–Crippen LogP) is 10.1. The first-order valence-electron chi connectivity index (χ1n) is 17.1. The van der Waals surface area contributed by atoms with Crippen molar-refractivity contribution in [1.82, 2.24) is 19.6 Å². The fraction of sp³-hybridized carbons (Fsp3) is 0.486. The summed E-state index contributed by atoms with van der Waals surface area (Å²) in [5.41, 5.74) is -2.14. The number of carbonyl (C=O) groups is 2. The van der Waals surface area contributed by atoms with Gasteiger partial charge in [-0.2, -0.15) is 4.98 Å². The van der Waals surface area contributed by atoms with E-state index in [2.05, 4.69) is 15.1 Å². The van der Waals surface area contributed by atoms with Crippen LogP contribution in [-0.4, -0.2) is 63.8 Å². The second-order valence-corrected chi connectivity index (χ2v) is 20.9. The van der Waals surface area contributed by atoms with E-state index in [9.17, 15) is 18.4 Å². The van der Waals surface area contributed by atoms with Crippen LogP contribution in [0.25, 0.3) is 16.8 Å². The monoisotopic (exact) mass is 779 g/mol. The second kappa shape index (κ2) is 15.2. The molecule has 0 aliphatic rings. The van der Waals surface area contributed by atoms with Crippen molar-refractivity contribution in [3.8, 4) is 16.9 Å². The van der Waals surface area contributed by atoms with Gasteiger partial charge < -0.3 is 18.6 Å². The largest absolute Gasteiger partial charge is 0.487 e. The predicted molar refractivity (Wildman–Crippen MR) is 194 cm³/mol. The van der Waals surface area contributed by atoms with E-state index in [1.54, 1.807) is 54.6 Å². The van der Waals surface area contributed by atoms with Gasteiger partial charge >= 0.3 is 12.2 Å². The molecule has 294 valence electrons. The summed E-state index contributed by atoms with van der Waals surface area (Å²) in [6.45, 7) is 18.0. The summed E-state index contributed by atoms with van der Waals surface area (Å²) in [5, 5.41) is 3.73. The number of halogens is 5. The molecule has 0 radical (unpaired) electrons. The number of hydrogen-bond donors (Lipinski definition) is 0. The van der Waals surface area contributed by atoms with Crippen LogP contribution in [-0.2, 0) is 13.9 Å². The van der Waals surface area contributed by atoms with E-state index in [1.807, 2.05) is 20.8 Å². The van der Waals surface area contributed by atoms with Crippen molar-refractivity contribution in [3.05, 3.63) is 71.9 Å². The van der Waals surface area contributed by atoms with Crippen LogP contribution in [0.1, 0.15) is 80.5 Å². The van der Waals surface area contributed by atoms with E-state index in [4.69, 9.17) is 18.6 Å². The number of pyridine rings is 2. The van der Waals surface area contributed by atoms with Crippen molar-refractivity contribution < 1.29 is 50.2 Å². The van der Waals surface area contributed by atoms with Gasteiger partial charge in [0.2, 0.25) is 0 Å². The fourth-order valence-corrected chi connectivity index (χ4v) is 5.91. The molecule has 4 aromatic rings. The highest BCUT2D eigenvalue weighted by molar-refractivity contribution is 6.74. The Morgan fingerprint density at radius 2 is 1.50 bits per heavy atom. The summed E-state index contributed by atoms with van der Waals surface area (Å²) >= 11 is 0. The highest BCUT2D eigenvalue weighted by atomic mass is 28.4. The van der Waals surface area contributed by atoms with Gasteiger partial charge in [0.05, 0.1) is 18.5 Å². The molecule has 0 spiro atoms. The summed E-state index contributed by atoms with van der Waals surface area (Å²) in [5.74, 6) is -7.96. The second-order valence-electron chi connectivity index (χ2n) is 16.2. The molecule has 17 heteroatoms. The number of anilines is 1. The zero-order valence-corrected chi connectivity index (χ0v) is 33.2. The summed E-state index contributed by atoms with van der Waals surface area (Å²) < 4.78 is 99.8. The molecule has 0 saturated carbocycles. The molecule has 3 heterocycles. The van der Waals surface area contributed by atoms with Crippen LogP contribution in [0.4, 0.5) is 37.5 Å². The molecule has 1 unspecified atom stereocenters. The number of aromatic nitrogens is 4. The molecule has 0 saturated heterocycles. The number of benzene rings is 1. The molecule has 4 rings (SSSR count). The van der Waals surface area contributed by atoms with Crippen LogP contribution in [0, 0.1) is 17.5 Å². The minimum atomic E-state index is -3.65. The molecular weight excluding hydrogens is 734 g/mol. The van der Waals surface area contributed by atoms with Crippen molar-refractivity contribution in [1.29, 1.82) is 0 Å². The fourth-order valence-electron chi connectivity index (χ4n) is 4.67. The molecule has 3 aromatic heterocycles. The lowest BCUT2D eigenvalue weighted by molar-refractivity contribution is -0.116. The maximum absolute atomic E-state index is 15.9. The van der Waals surface area contributed by atoms with Gasteiger partial charge in [-0.1, -0.05) is 20.8 Å². The number of carbonyl (C=O) groups excluding carboxylic acids is 2. The van der Waals surface area contributed by atoms with E-state index in [1.165, 1.54) is 22.8 Å². The number of imide groups is 1. The molecule has 0 fully saturated rings. The maximum atomic E-state index is 15.9. The van der Waals surface area contributed by atoms with E-state index < -0.39 is 90.9 Å². The zero-order valence-electron chi connectivity index (χ0n) is 32.2. The van der Waals surface area contributed by atoms with Crippen LogP contribution in [0.5, 0.6) is 5.75 Å². The minimum Gasteiger partial charge on any atom is -0.487 e. The molecule has 0 bridgehead atoms. The smallest absolute Gasteiger partial charge is 0.427 e. The Morgan fingerprint density at radius 3 is 2.04 bits per heavy atom. The van der Waals surface area contributed by atoms with Crippen molar-refractivity contribution in [3.63, 3.8) is 0 Å². The minimum absolute atomic E-state index is 0.0487. The lowest BCUT2D eigenvalue weighted by Crippen LogP contribution is -2.46. The maximum Gasteiger partial charge on any atom is 0.427 e. The molecule has 1 aromatic carbocycles. The molecule has 0 N–H and O–H groups in total. The Bertz CT molecular complexity index is 1960. The quantitative estimate of drug-likeness (QED) is 0.115. The molecular formula is C37H46F5N5O6Si. The summed E-state index contributed by atoms with van der Waals surface area (Å²) in [6.07, 6.45) is -2.93. The number of rotatable bonds is 10. The Balaban J connectivity index is 1.62. The van der Waals surface area contributed by atoms with Crippen LogP contribution < -0.4 is 9.64 Å². The van der Waals surface area contributed by atoms with Gasteiger partial charge in [-0.25, -0.2) is 36.1 Å². The first kappa shape index (κ1) is 42.1. The Kier molecular flexibility index (Phi) is 11.9. The summed E-state index contributed by atoms with van der Waals surface area (Å²) in [4.78, 5) is 34.8. The number of nitrogens with zero attached hydrogens (tertiary/aromatic N) is 5. The van der Waals surface area contributed by atoms with E-state index in [-0.39, 0.29) is 22.5 Å². The normalized spacial score (nSPS) is 13.5. The Morgan fingerprint density at radius 1 is 0.889 bits per heavy atom. The average Bonchev–Trinajstić information content (AvgIpc) is 3.42. The summed E-state index contributed by atoms with van der Waals surface area (Å²) in [6, 6.07) is 6.93. The third-order valence-electron chi connectivity index (χ3n) is 8.34. The lowest BCUT2D eigenvalue weighted by atomic mass is 10.1. The van der Waals surface area contributed by atoms with Crippen LogP contribution >= 0.6 is 0 Å². The van der Waals surface area contributed by atoms with Gasteiger partial charge in [0.1, 0.15) is 17.0 Å². The van der Waals surface area contributed by atoms with Crippen molar-refractivity contribution in [2.75, 3.05) is 11.5 Å². The van der Waals surface area contributed by atoms with Gasteiger partial charge in [-0.05, 0) is 102 Å². The highest BCUT2D eigenvalue weighted by Gasteiger charge is 2.49.